The summed E-state index contributed by atoms with van der Waals surface area (Å²) in [7, 11) is 0. The summed E-state index contributed by atoms with van der Waals surface area (Å²) >= 11 is 0. The van der Waals surface area contributed by atoms with Crippen molar-refractivity contribution in [2.75, 3.05) is 11.9 Å². The maximum atomic E-state index is 5.77. The lowest BCUT2D eigenvalue weighted by Crippen LogP contribution is -2.02. The predicted molar refractivity (Wildman–Crippen MR) is 88.9 cm³/mol. The monoisotopic (exact) mass is 277 g/mol. The first kappa shape index (κ1) is 13.5. The van der Waals surface area contributed by atoms with Gasteiger partial charge in [0.15, 0.2) is 0 Å². The van der Waals surface area contributed by atoms with E-state index in [-0.39, 0.29) is 0 Å². The second kappa shape index (κ2) is 6.31. The van der Waals surface area contributed by atoms with E-state index in [4.69, 9.17) is 4.74 Å². The molecule has 0 aromatic heterocycles. The molecule has 21 heavy (non-hydrogen) atoms. The van der Waals surface area contributed by atoms with E-state index >= 15 is 0 Å². The summed E-state index contributed by atoms with van der Waals surface area (Å²) in [4.78, 5) is 0. The van der Waals surface area contributed by atoms with Gasteiger partial charge in [-0.2, -0.15) is 0 Å². The molecule has 0 spiro atoms. The molecule has 0 aliphatic carbocycles. The highest BCUT2D eigenvalue weighted by Gasteiger charge is 2.06. The topological polar surface area (TPSA) is 21.3 Å². The Morgan fingerprint density at radius 2 is 1.52 bits per heavy atom. The van der Waals surface area contributed by atoms with Crippen LogP contribution in [-0.2, 0) is 6.54 Å². The van der Waals surface area contributed by atoms with Crippen LogP contribution in [0.1, 0.15) is 12.5 Å². The van der Waals surface area contributed by atoms with Crippen molar-refractivity contribution < 1.29 is 4.74 Å². The molecular weight excluding hydrogens is 258 g/mol. The third kappa shape index (κ3) is 3.16. The van der Waals surface area contributed by atoms with Crippen LogP contribution in [-0.4, -0.2) is 6.61 Å². The molecule has 0 aliphatic rings. The van der Waals surface area contributed by atoms with Crippen LogP contribution in [0.25, 0.3) is 10.8 Å². The highest BCUT2D eigenvalue weighted by molar-refractivity contribution is 5.88. The van der Waals surface area contributed by atoms with Crippen molar-refractivity contribution >= 4 is 16.5 Å². The van der Waals surface area contributed by atoms with Gasteiger partial charge in [0.2, 0.25) is 0 Å². The zero-order valence-electron chi connectivity index (χ0n) is 12.2. The van der Waals surface area contributed by atoms with Crippen molar-refractivity contribution in [2.24, 2.45) is 0 Å². The second-order valence-electron chi connectivity index (χ2n) is 4.97. The maximum Gasteiger partial charge on any atom is 0.143 e. The Balaban J connectivity index is 1.90. The van der Waals surface area contributed by atoms with Crippen molar-refractivity contribution in [1.29, 1.82) is 0 Å². The van der Waals surface area contributed by atoms with Gasteiger partial charge in [0.1, 0.15) is 5.75 Å². The standard InChI is InChI=1S/C19H19NO/c1-2-21-19-13-17-11-7-6-10-16(17)12-18(19)20-14-15-8-4-3-5-9-15/h3-13,20H,2,14H2,1H3. The average Bonchev–Trinajstić information content (AvgIpc) is 2.54. The maximum absolute atomic E-state index is 5.77. The van der Waals surface area contributed by atoms with Crippen molar-refractivity contribution in [3.8, 4) is 5.75 Å². The molecule has 2 nitrogen and oxygen atoms in total. The molecular formula is C19H19NO. The van der Waals surface area contributed by atoms with Crippen molar-refractivity contribution in [3.05, 3.63) is 72.3 Å². The summed E-state index contributed by atoms with van der Waals surface area (Å²) < 4.78 is 5.77. The molecule has 0 atom stereocenters. The molecule has 0 amide bonds. The Bertz CT molecular complexity index is 722. The largest absolute Gasteiger partial charge is 0.492 e. The summed E-state index contributed by atoms with van der Waals surface area (Å²) in [6.07, 6.45) is 0. The molecule has 3 aromatic carbocycles. The lowest BCUT2D eigenvalue weighted by atomic mass is 10.1. The average molecular weight is 277 g/mol. The third-order valence-corrected chi connectivity index (χ3v) is 3.47. The van der Waals surface area contributed by atoms with Crippen LogP contribution in [0.4, 0.5) is 5.69 Å². The number of nitrogens with one attached hydrogen (secondary N) is 1. The Labute approximate surface area is 125 Å². The number of benzene rings is 3. The zero-order chi connectivity index (χ0) is 14.5. The highest BCUT2D eigenvalue weighted by atomic mass is 16.5. The van der Waals surface area contributed by atoms with Crippen molar-refractivity contribution in [2.45, 2.75) is 13.5 Å². The smallest absolute Gasteiger partial charge is 0.143 e. The normalized spacial score (nSPS) is 10.5. The summed E-state index contributed by atoms with van der Waals surface area (Å²) in [5.74, 6) is 0.909. The van der Waals surface area contributed by atoms with Crippen LogP contribution in [0.2, 0.25) is 0 Å². The second-order valence-corrected chi connectivity index (χ2v) is 4.97. The third-order valence-electron chi connectivity index (χ3n) is 3.47. The van der Waals surface area contributed by atoms with E-state index in [1.165, 1.54) is 16.3 Å². The first-order valence-corrected chi connectivity index (χ1v) is 7.30. The molecule has 0 saturated heterocycles. The molecule has 0 aliphatic heterocycles. The zero-order valence-corrected chi connectivity index (χ0v) is 12.2. The van der Waals surface area contributed by atoms with Gasteiger partial charge in [0, 0.05) is 6.54 Å². The van der Waals surface area contributed by atoms with Gasteiger partial charge in [-0.15, -0.1) is 0 Å². The van der Waals surface area contributed by atoms with Gasteiger partial charge in [-0.1, -0.05) is 54.6 Å². The van der Waals surface area contributed by atoms with Crippen LogP contribution >= 0.6 is 0 Å². The Kier molecular flexibility index (Phi) is 4.06. The van der Waals surface area contributed by atoms with Crippen molar-refractivity contribution in [3.63, 3.8) is 0 Å². The number of hydrogen-bond acceptors (Lipinski definition) is 2. The van der Waals surface area contributed by atoms with E-state index < -0.39 is 0 Å². The minimum atomic E-state index is 0.665. The highest BCUT2D eigenvalue weighted by Crippen LogP contribution is 2.30. The van der Waals surface area contributed by atoms with Gasteiger partial charge in [0.05, 0.1) is 12.3 Å². The van der Waals surface area contributed by atoms with E-state index in [1.54, 1.807) is 0 Å². The molecule has 1 N–H and O–H groups in total. The first-order valence-electron chi connectivity index (χ1n) is 7.30. The van der Waals surface area contributed by atoms with Gasteiger partial charge in [-0.25, -0.2) is 0 Å². The number of rotatable bonds is 5. The van der Waals surface area contributed by atoms with Crippen LogP contribution in [0, 0.1) is 0 Å². The minimum absolute atomic E-state index is 0.665. The SMILES string of the molecule is CCOc1cc2ccccc2cc1NCc1ccccc1. The fourth-order valence-electron chi connectivity index (χ4n) is 2.43. The fraction of sp³-hybridized carbons (Fsp3) is 0.158. The summed E-state index contributed by atoms with van der Waals surface area (Å²) in [6.45, 7) is 3.47. The Hall–Kier alpha value is -2.48. The molecule has 0 unspecified atom stereocenters. The minimum Gasteiger partial charge on any atom is -0.492 e. The van der Waals surface area contributed by atoms with E-state index in [0.29, 0.717) is 6.61 Å². The van der Waals surface area contributed by atoms with Gasteiger partial charge in [0.25, 0.3) is 0 Å². The molecule has 2 heteroatoms. The van der Waals surface area contributed by atoms with Crippen LogP contribution in [0.5, 0.6) is 5.75 Å². The lowest BCUT2D eigenvalue weighted by Gasteiger charge is -2.14. The fourth-order valence-corrected chi connectivity index (χ4v) is 2.43. The Morgan fingerprint density at radius 1 is 0.857 bits per heavy atom. The number of ether oxygens (including phenoxy) is 1. The first-order chi connectivity index (χ1) is 10.4. The van der Waals surface area contributed by atoms with E-state index in [9.17, 15) is 0 Å². The lowest BCUT2D eigenvalue weighted by molar-refractivity contribution is 0.342. The Morgan fingerprint density at radius 3 is 2.24 bits per heavy atom. The van der Waals surface area contributed by atoms with Crippen molar-refractivity contribution in [1.82, 2.24) is 0 Å². The molecule has 3 aromatic rings. The van der Waals surface area contributed by atoms with E-state index in [2.05, 4.69) is 66.0 Å². The molecule has 0 bridgehead atoms. The van der Waals surface area contributed by atoms with Gasteiger partial charge >= 0.3 is 0 Å². The molecule has 0 radical (unpaired) electrons. The summed E-state index contributed by atoms with van der Waals surface area (Å²) in [6, 6.07) is 23.0. The molecule has 0 saturated carbocycles. The molecule has 0 fully saturated rings. The number of hydrogen-bond donors (Lipinski definition) is 1. The number of fused-ring (bicyclic) bond motifs is 1. The van der Waals surface area contributed by atoms with Crippen LogP contribution in [0.3, 0.4) is 0 Å². The predicted octanol–water partition coefficient (Wildman–Crippen LogP) is 4.85. The van der Waals surface area contributed by atoms with Gasteiger partial charge < -0.3 is 10.1 Å². The summed E-state index contributed by atoms with van der Waals surface area (Å²) in [5.41, 5.74) is 2.30. The van der Waals surface area contributed by atoms with E-state index in [0.717, 1.165) is 18.0 Å². The summed E-state index contributed by atoms with van der Waals surface area (Å²) in [5, 5.41) is 5.90. The van der Waals surface area contributed by atoms with E-state index in [1.807, 2.05) is 13.0 Å². The number of anilines is 1. The van der Waals surface area contributed by atoms with Crippen LogP contribution < -0.4 is 10.1 Å². The molecule has 0 heterocycles. The van der Waals surface area contributed by atoms with Gasteiger partial charge in [-0.3, -0.25) is 0 Å². The molecule has 106 valence electrons. The molecule has 3 rings (SSSR count). The van der Waals surface area contributed by atoms with Gasteiger partial charge in [-0.05, 0) is 35.4 Å². The van der Waals surface area contributed by atoms with Crippen LogP contribution in [0.15, 0.2) is 66.7 Å². The quantitative estimate of drug-likeness (QED) is 0.719.